The number of ether oxygens (including phenoxy) is 1. The fourth-order valence-electron chi connectivity index (χ4n) is 3.13. The third-order valence-electron chi connectivity index (χ3n) is 5.03. The highest BCUT2D eigenvalue weighted by atomic mass is 35.5. The first kappa shape index (κ1) is 24.3. The number of aromatic nitrogens is 2. The van der Waals surface area contributed by atoms with Crippen molar-refractivity contribution >= 4 is 45.6 Å². The summed E-state index contributed by atoms with van der Waals surface area (Å²) in [5, 5.41) is 6.08. The highest BCUT2D eigenvalue weighted by molar-refractivity contribution is 6.31. The van der Waals surface area contributed by atoms with Crippen molar-refractivity contribution in [1.82, 2.24) is 14.9 Å². The number of carbonyl (C=O) groups excluding carboxylic acids is 1. The number of halogens is 3. The molecule has 2 aromatic carbocycles. The number of benzene rings is 2. The zero-order valence-electron chi connectivity index (χ0n) is 18.5. The molecule has 33 heavy (non-hydrogen) atoms. The summed E-state index contributed by atoms with van der Waals surface area (Å²) in [6.45, 7) is 5.74. The minimum Gasteiger partial charge on any atom is -0.494 e. The molecule has 0 bridgehead atoms. The number of hydrogen-bond acceptors (Lipinski definition) is 6. The van der Waals surface area contributed by atoms with Crippen molar-refractivity contribution < 1.29 is 18.3 Å². The summed E-state index contributed by atoms with van der Waals surface area (Å²) < 4.78 is 33.2. The minimum absolute atomic E-state index is 0.0417. The third-order valence-corrected chi connectivity index (χ3v) is 5.32. The standard InChI is InChI=1S/C23H24ClF2N5O2/c1-4-31(5-2)9-8-18(26)23(32)30-20-11-15-19(12-21(20)33-3)27-13-28-22(15)29-14-6-7-17(25)16(24)10-14/h6-8,10-13H,4-5,9H2,1-3H3,(H,30,32)(H,27,28,29)/b18-8-. The average Bonchev–Trinajstić information content (AvgIpc) is 2.81. The quantitative estimate of drug-likeness (QED) is 0.408. The zero-order valence-corrected chi connectivity index (χ0v) is 19.2. The number of rotatable bonds is 9. The van der Waals surface area contributed by atoms with Crippen molar-refractivity contribution in [1.29, 1.82) is 0 Å². The second kappa shape index (κ2) is 11.0. The number of fused-ring (bicyclic) bond motifs is 1. The summed E-state index contributed by atoms with van der Waals surface area (Å²) in [6.07, 6.45) is 2.59. The summed E-state index contributed by atoms with van der Waals surface area (Å²) in [5.41, 5.74) is 1.28. The van der Waals surface area contributed by atoms with Crippen molar-refractivity contribution in [3.63, 3.8) is 0 Å². The smallest absolute Gasteiger partial charge is 0.284 e. The molecule has 2 N–H and O–H groups in total. The van der Waals surface area contributed by atoms with E-state index in [-0.39, 0.29) is 10.7 Å². The van der Waals surface area contributed by atoms with E-state index in [1.807, 2.05) is 18.7 Å². The maximum Gasteiger partial charge on any atom is 0.284 e. The van der Waals surface area contributed by atoms with E-state index in [0.29, 0.717) is 34.7 Å². The van der Waals surface area contributed by atoms with Crippen LogP contribution in [0.3, 0.4) is 0 Å². The Hall–Kier alpha value is -3.30. The van der Waals surface area contributed by atoms with Gasteiger partial charge in [0, 0.05) is 23.7 Å². The number of nitrogens with one attached hydrogen (secondary N) is 2. The monoisotopic (exact) mass is 475 g/mol. The van der Waals surface area contributed by atoms with Gasteiger partial charge in [-0.15, -0.1) is 0 Å². The Morgan fingerprint density at radius 3 is 2.64 bits per heavy atom. The molecule has 0 fully saturated rings. The van der Waals surface area contributed by atoms with E-state index in [9.17, 15) is 13.6 Å². The molecule has 7 nitrogen and oxygen atoms in total. The van der Waals surface area contributed by atoms with Crippen LogP contribution in [0, 0.1) is 5.82 Å². The lowest BCUT2D eigenvalue weighted by Gasteiger charge is -2.15. The molecule has 10 heteroatoms. The first-order chi connectivity index (χ1) is 15.9. The van der Waals surface area contributed by atoms with Crippen LogP contribution in [-0.4, -0.2) is 47.5 Å². The Balaban J connectivity index is 1.91. The summed E-state index contributed by atoms with van der Waals surface area (Å²) >= 11 is 5.86. The fraction of sp³-hybridized carbons (Fsp3) is 0.261. The van der Waals surface area contributed by atoms with Crippen molar-refractivity contribution in [2.75, 3.05) is 37.4 Å². The zero-order chi connectivity index (χ0) is 24.0. The van der Waals surface area contributed by atoms with E-state index in [4.69, 9.17) is 16.3 Å². The number of nitrogens with zero attached hydrogens (tertiary/aromatic N) is 3. The van der Waals surface area contributed by atoms with Crippen LogP contribution < -0.4 is 15.4 Å². The Labute approximate surface area is 195 Å². The number of anilines is 3. The summed E-state index contributed by atoms with van der Waals surface area (Å²) in [5.74, 6) is -1.63. The highest BCUT2D eigenvalue weighted by Gasteiger charge is 2.16. The number of carbonyl (C=O) groups is 1. The first-order valence-corrected chi connectivity index (χ1v) is 10.7. The molecule has 0 unspecified atom stereocenters. The Morgan fingerprint density at radius 1 is 1.21 bits per heavy atom. The summed E-state index contributed by atoms with van der Waals surface area (Å²) in [7, 11) is 1.43. The van der Waals surface area contributed by atoms with E-state index in [0.717, 1.165) is 13.1 Å². The maximum atomic E-state index is 14.4. The molecule has 0 spiro atoms. The van der Waals surface area contributed by atoms with Gasteiger partial charge in [0.25, 0.3) is 5.91 Å². The van der Waals surface area contributed by atoms with Gasteiger partial charge in [0.1, 0.15) is 23.7 Å². The Morgan fingerprint density at radius 2 is 1.97 bits per heavy atom. The molecule has 0 atom stereocenters. The van der Waals surface area contributed by atoms with Crippen molar-refractivity contribution in [3.05, 3.63) is 59.4 Å². The topological polar surface area (TPSA) is 79.4 Å². The second-order valence-electron chi connectivity index (χ2n) is 7.04. The molecule has 3 aromatic rings. The van der Waals surface area contributed by atoms with Gasteiger partial charge in [0.15, 0.2) is 5.83 Å². The fourth-order valence-corrected chi connectivity index (χ4v) is 3.31. The predicted molar refractivity (Wildman–Crippen MR) is 126 cm³/mol. The Bertz CT molecular complexity index is 1180. The van der Waals surface area contributed by atoms with Gasteiger partial charge < -0.3 is 20.3 Å². The molecule has 174 valence electrons. The van der Waals surface area contributed by atoms with E-state index in [1.54, 1.807) is 12.1 Å². The Kier molecular flexibility index (Phi) is 8.13. The van der Waals surface area contributed by atoms with Gasteiger partial charge in [-0.25, -0.2) is 18.7 Å². The number of hydrogen-bond donors (Lipinski definition) is 2. The van der Waals surface area contributed by atoms with Gasteiger partial charge in [-0.05, 0) is 43.4 Å². The van der Waals surface area contributed by atoms with Gasteiger partial charge in [0.2, 0.25) is 0 Å². The number of amides is 1. The SMILES string of the molecule is CCN(CC)C/C=C(\F)C(=O)Nc1cc2c(Nc3ccc(F)c(Cl)c3)ncnc2cc1OC. The van der Waals surface area contributed by atoms with Crippen molar-refractivity contribution in [2.45, 2.75) is 13.8 Å². The van der Waals surface area contributed by atoms with Crippen LogP contribution in [0.5, 0.6) is 5.75 Å². The molecule has 0 aliphatic carbocycles. The third kappa shape index (κ3) is 5.94. The lowest BCUT2D eigenvalue weighted by molar-refractivity contribution is -0.114. The molecule has 0 saturated heterocycles. The highest BCUT2D eigenvalue weighted by Crippen LogP contribution is 2.33. The van der Waals surface area contributed by atoms with Crippen LogP contribution in [0.1, 0.15) is 13.8 Å². The first-order valence-electron chi connectivity index (χ1n) is 10.3. The van der Waals surface area contributed by atoms with Crippen molar-refractivity contribution in [3.8, 4) is 5.75 Å². The van der Waals surface area contributed by atoms with Gasteiger partial charge in [-0.1, -0.05) is 25.4 Å². The molecule has 0 aliphatic rings. The molecule has 3 rings (SSSR count). The molecule has 1 aromatic heterocycles. The van der Waals surface area contributed by atoms with Crippen LogP contribution >= 0.6 is 11.6 Å². The number of likely N-dealkylation sites (N-methyl/N-ethyl adjacent to an activating group) is 1. The van der Waals surface area contributed by atoms with Gasteiger partial charge >= 0.3 is 0 Å². The van der Waals surface area contributed by atoms with Crippen LogP contribution in [0.2, 0.25) is 5.02 Å². The van der Waals surface area contributed by atoms with E-state index < -0.39 is 17.6 Å². The largest absolute Gasteiger partial charge is 0.494 e. The van der Waals surface area contributed by atoms with Crippen molar-refractivity contribution in [2.24, 2.45) is 0 Å². The lowest BCUT2D eigenvalue weighted by Crippen LogP contribution is -2.23. The maximum absolute atomic E-state index is 14.4. The van der Waals surface area contributed by atoms with E-state index in [1.165, 1.54) is 37.7 Å². The molecular weight excluding hydrogens is 452 g/mol. The van der Waals surface area contributed by atoms with E-state index >= 15 is 0 Å². The predicted octanol–water partition coefficient (Wildman–Crippen LogP) is 5.31. The van der Waals surface area contributed by atoms with Crippen LogP contribution in [-0.2, 0) is 4.79 Å². The van der Waals surface area contributed by atoms with Gasteiger partial charge in [-0.2, -0.15) is 0 Å². The van der Waals surface area contributed by atoms with Crippen LogP contribution in [0.4, 0.5) is 26.0 Å². The summed E-state index contributed by atoms with van der Waals surface area (Å²) in [4.78, 5) is 22.9. The molecule has 1 heterocycles. The molecule has 0 aliphatic heterocycles. The normalized spacial score (nSPS) is 11.7. The van der Waals surface area contributed by atoms with Crippen LogP contribution in [0.25, 0.3) is 10.9 Å². The second-order valence-corrected chi connectivity index (χ2v) is 7.45. The summed E-state index contributed by atoms with van der Waals surface area (Å²) in [6, 6.07) is 7.35. The van der Waals surface area contributed by atoms with E-state index in [2.05, 4.69) is 20.6 Å². The van der Waals surface area contributed by atoms with Gasteiger partial charge in [-0.3, -0.25) is 4.79 Å². The van der Waals surface area contributed by atoms with Crippen LogP contribution in [0.15, 0.2) is 48.6 Å². The molecule has 0 saturated carbocycles. The van der Waals surface area contributed by atoms with Gasteiger partial charge in [0.05, 0.1) is 23.3 Å². The average molecular weight is 476 g/mol. The molecule has 1 amide bonds. The minimum atomic E-state index is -0.896. The lowest BCUT2D eigenvalue weighted by atomic mass is 10.1. The molecular formula is C23H24ClF2N5O2. The molecule has 0 radical (unpaired) electrons. The number of methoxy groups -OCH3 is 1.